The average Bonchev–Trinajstić information content (AvgIpc) is 2.51. The number of hydrogen-bond donors (Lipinski definition) is 1. The first-order chi connectivity index (χ1) is 9.98. The topological polar surface area (TPSA) is 55.8 Å². The quantitative estimate of drug-likeness (QED) is 0.678. The van der Waals surface area contributed by atoms with Gasteiger partial charge in [-0.15, -0.1) is 0 Å². The van der Waals surface area contributed by atoms with Crippen molar-refractivity contribution in [1.82, 2.24) is 0 Å². The maximum atomic E-state index is 11.9. The lowest BCUT2D eigenvalue weighted by Gasteiger charge is -2.22. The summed E-state index contributed by atoms with van der Waals surface area (Å²) in [5.74, 6) is 0.0580. The Morgan fingerprint density at radius 3 is 2.62 bits per heavy atom. The number of methoxy groups -OCH3 is 1. The highest BCUT2D eigenvalue weighted by molar-refractivity contribution is 5.87. The molecule has 0 aliphatic rings. The highest BCUT2D eigenvalue weighted by Crippen LogP contribution is 2.28. The number of aliphatic hydroxyl groups is 1. The number of fused-ring (bicyclic) bond motifs is 1. The molecular formula is C17H18O4. The lowest BCUT2D eigenvalue weighted by atomic mass is 9.93. The molecule has 0 saturated carbocycles. The van der Waals surface area contributed by atoms with Crippen LogP contribution in [0.1, 0.15) is 12.5 Å². The zero-order valence-corrected chi connectivity index (χ0v) is 12.1. The number of hydrogen-bond acceptors (Lipinski definition) is 4. The summed E-state index contributed by atoms with van der Waals surface area (Å²) in [6.45, 7) is 4.96. The van der Waals surface area contributed by atoms with Gasteiger partial charge in [0, 0.05) is 0 Å². The highest BCUT2D eigenvalue weighted by atomic mass is 16.5. The molecule has 0 radical (unpaired) electrons. The Kier molecular flexibility index (Phi) is 4.29. The third-order valence-electron chi connectivity index (χ3n) is 3.34. The summed E-state index contributed by atoms with van der Waals surface area (Å²) in [5.41, 5.74) is -1.22. The van der Waals surface area contributed by atoms with Crippen LogP contribution in [0.3, 0.4) is 0 Å². The SMILES string of the molecule is C=CCOC(=O)C(C)(O)c1ccc2cc(OC)ccc2c1. The van der Waals surface area contributed by atoms with Gasteiger partial charge in [0.1, 0.15) is 12.4 Å². The fourth-order valence-corrected chi connectivity index (χ4v) is 2.05. The van der Waals surface area contributed by atoms with E-state index in [1.807, 2.05) is 24.3 Å². The van der Waals surface area contributed by atoms with Crippen molar-refractivity contribution in [2.24, 2.45) is 0 Å². The second kappa shape index (κ2) is 5.97. The molecule has 110 valence electrons. The van der Waals surface area contributed by atoms with E-state index in [4.69, 9.17) is 9.47 Å². The summed E-state index contributed by atoms with van der Waals surface area (Å²) in [6.07, 6.45) is 1.46. The van der Waals surface area contributed by atoms with Crippen LogP contribution in [0.5, 0.6) is 5.75 Å². The second-order valence-electron chi connectivity index (χ2n) is 4.89. The Bertz CT molecular complexity index is 674. The van der Waals surface area contributed by atoms with Gasteiger partial charge in [0.05, 0.1) is 7.11 Å². The molecule has 2 aromatic rings. The first-order valence-electron chi connectivity index (χ1n) is 6.58. The van der Waals surface area contributed by atoms with Crippen molar-refractivity contribution < 1.29 is 19.4 Å². The zero-order valence-electron chi connectivity index (χ0n) is 12.1. The van der Waals surface area contributed by atoms with Crippen molar-refractivity contribution in [1.29, 1.82) is 0 Å². The molecule has 1 atom stereocenters. The van der Waals surface area contributed by atoms with E-state index in [-0.39, 0.29) is 6.61 Å². The van der Waals surface area contributed by atoms with E-state index in [9.17, 15) is 9.90 Å². The fraction of sp³-hybridized carbons (Fsp3) is 0.235. The normalized spacial score (nSPS) is 13.5. The van der Waals surface area contributed by atoms with Gasteiger partial charge in [0.15, 0.2) is 5.60 Å². The molecule has 0 spiro atoms. The Balaban J connectivity index is 2.37. The van der Waals surface area contributed by atoms with Crippen molar-refractivity contribution in [3.05, 3.63) is 54.6 Å². The van der Waals surface area contributed by atoms with E-state index in [0.29, 0.717) is 5.56 Å². The number of benzene rings is 2. The van der Waals surface area contributed by atoms with Gasteiger partial charge in [-0.05, 0) is 41.5 Å². The molecule has 0 aromatic heterocycles. The first kappa shape index (κ1) is 15.1. The molecule has 4 heteroatoms. The molecule has 2 rings (SSSR count). The molecular weight excluding hydrogens is 268 g/mol. The van der Waals surface area contributed by atoms with Crippen molar-refractivity contribution in [3.63, 3.8) is 0 Å². The highest BCUT2D eigenvalue weighted by Gasteiger charge is 2.34. The summed E-state index contributed by atoms with van der Waals surface area (Å²) in [7, 11) is 1.61. The molecule has 2 aromatic carbocycles. The molecule has 0 fully saturated rings. The van der Waals surface area contributed by atoms with Crippen LogP contribution in [0.15, 0.2) is 49.1 Å². The molecule has 21 heavy (non-hydrogen) atoms. The molecule has 0 bridgehead atoms. The summed E-state index contributed by atoms with van der Waals surface area (Å²) in [6, 6.07) is 10.9. The minimum absolute atomic E-state index is 0.0692. The average molecular weight is 286 g/mol. The van der Waals surface area contributed by atoms with E-state index in [0.717, 1.165) is 16.5 Å². The lowest BCUT2D eigenvalue weighted by molar-refractivity contribution is -0.163. The standard InChI is InChI=1S/C17H18O4/c1-4-9-21-16(18)17(2,19)14-7-5-13-11-15(20-3)8-6-12(13)10-14/h4-8,10-11,19H,1,9H2,2-3H3. The Labute approximate surface area is 123 Å². The molecule has 1 unspecified atom stereocenters. The number of esters is 1. The third kappa shape index (κ3) is 3.06. The van der Waals surface area contributed by atoms with Crippen LogP contribution in [0.25, 0.3) is 10.8 Å². The molecule has 0 amide bonds. The number of carbonyl (C=O) groups is 1. The molecule has 0 heterocycles. The van der Waals surface area contributed by atoms with Crippen LogP contribution < -0.4 is 4.74 Å². The van der Waals surface area contributed by atoms with Gasteiger partial charge in [-0.25, -0.2) is 4.79 Å². The maximum absolute atomic E-state index is 11.9. The van der Waals surface area contributed by atoms with Gasteiger partial charge >= 0.3 is 5.97 Å². The van der Waals surface area contributed by atoms with Crippen LogP contribution in [0.2, 0.25) is 0 Å². The Hall–Kier alpha value is -2.33. The molecule has 4 nitrogen and oxygen atoms in total. The Morgan fingerprint density at radius 1 is 1.29 bits per heavy atom. The number of rotatable bonds is 5. The van der Waals surface area contributed by atoms with Gasteiger partial charge in [0.2, 0.25) is 0 Å². The van der Waals surface area contributed by atoms with Crippen LogP contribution in [0.4, 0.5) is 0 Å². The van der Waals surface area contributed by atoms with Crippen LogP contribution >= 0.6 is 0 Å². The van der Waals surface area contributed by atoms with Crippen LogP contribution in [-0.4, -0.2) is 24.8 Å². The lowest BCUT2D eigenvalue weighted by Crippen LogP contribution is -2.34. The van der Waals surface area contributed by atoms with E-state index in [1.54, 1.807) is 19.2 Å². The fourth-order valence-electron chi connectivity index (χ4n) is 2.05. The summed E-state index contributed by atoms with van der Waals surface area (Å²) < 4.78 is 10.1. The molecule has 0 aliphatic heterocycles. The van der Waals surface area contributed by atoms with E-state index >= 15 is 0 Å². The van der Waals surface area contributed by atoms with Gasteiger partial charge in [-0.3, -0.25) is 0 Å². The summed E-state index contributed by atoms with van der Waals surface area (Å²) in [4.78, 5) is 11.9. The largest absolute Gasteiger partial charge is 0.497 e. The molecule has 0 aliphatic carbocycles. The van der Waals surface area contributed by atoms with Crippen molar-refractivity contribution >= 4 is 16.7 Å². The van der Waals surface area contributed by atoms with E-state index < -0.39 is 11.6 Å². The summed E-state index contributed by atoms with van der Waals surface area (Å²) >= 11 is 0. The van der Waals surface area contributed by atoms with E-state index in [2.05, 4.69) is 6.58 Å². The van der Waals surface area contributed by atoms with E-state index in [1.165, 1.54) is 13.0 Å². The Morgan fingerprint density at radius 2 is 1.95 bits per heavy atom. The van der Waals surface area contributed by atoms with Gasteiger partial charge in [-0.2, -0.15) is 0 Å². The van der Waals surface area contributed by atoms with Crippen LogP contribution in [0, 0.1) is 0 Å². The van der Waals surface area contributed by atoms with Crippen molar-refractivity contribution in [3.8, 4) is 5.75 Å². The predicted molar refractivity (Wildman–Crippen MR) is 81.2 cm³/mol. The van der Waals surface area contributed by atoms with Gasteiger partial charge < -0.3 is 14.6 Å². The van der Waals surface area contributed by atoms with Crippen LogP contribution in [-0.2, 0) is 15.1 Å². The van der Waals surface area contributed by atoms with Gasteiger partial charge in [-0.1, -0.05) is 30.9 Å². The van der Waals surface area contributed by atoms with Crippen molar-refractivity contribution in [2.45, 2.75) is 12.5 Å². The van der Waals surface area contributed by atoms with Gasteiger partial charge in [0.25, 0.3) is 0 Å². The van der Waals surface area contributed by atoms with Crippen molar-refractivity contribution in [2.75, 3.05) is 13.7 Å². The zero-order chi connectivity index (χ0) is 15.5. The monoisotopic (exact) mass is 286 g/mol. The maximum Gasteiger partial charge on any atom is 0.342 e. The third-order valence-corrected chi connectivity index (χ3v) is 3.34. The smallest absolute Gasteiger partial charge is 0.342 e. The number of carbonyl (C=O) groups excluding carboxylic acids is 1. The minimum Gasteiger partial charge on any atom is -0.497 e. The first-order valence-corrected chi connectivity index (χ1v) is 6.58. The predicted octanol–water partition coefficient (Wildman–Crippen LogP) is 2.79. The molecule has 0 saturated heterocycles. The summed E-state index contributed by atoms with van der Waals surface area (Å²) in [5, 5.41) is 12.3. The minimum atomic E-state index is -1.70. The second-order valence-corrected chi connectivity index (χ2v) is 4.89. The number of ether oxygens (including phenoxy) is 2. The molecule has 1 N–H and O–H groups in total.